The number of carbonyl (C=O) groups excluding carboxylic acids is 1. The number of amides is 1. The van der Waals surface area contributed by atoms with E-state index in [1.54, 1.807) is 0 Å². The zero-order valence-corrected chi connectivity index (χ0v) is 13.1. The number of nitrogens with two attached hydrogens (primary N) is 1. The molecule has 0 aromatic heterocycles. The van der Waals surface area contributed by atoms with E-state index in [2.05, 4.69) is 26.1 Å². The van der Waals surface area contributed by atoms with Crippen molar-refractivity contribution < 1.29 is 4.79 Å². The number of nitrogens with one attached hydrogen (secondary N) is 1. The van der Waals surface area contributed by atoms with E-state index in [1.165, 1.54) is 0 Å². The van der Waals surface area contributed by atoms with Crippen molar-refractivity contribution >= 4 is 38.9 Å². The molecule has 0 bridgehead atoms. The largest absolute Gasteiger partial charge is 0.398 e. The molecule has 3 N–H and O–H groups in total. The van der Waals surface area contributed by atoms with E-state index in [9.17, 15) is 4.79 Å². The molecule has 2 aromatic carbocycles. The van der Waals surface area contributed by atoms with Crippen LogP contribution < -0.4 is 16.0 Å². The monoisotopic (exact) mass is 345 g/mol. The lowest BCUT2D eigenvalue weighted by Crippen LogP contribution is -2.31. The first kappa shape index (κ1) is 13.9. The number of hydrogen-bond acceptors (Lipinski definition) is 3. The summed E-state index contributed by atoms with van der Waals surface area (Å²) in [6.45, 7) is 1.16. The number of hydrogen-bond donors (Lipinski definition) is 2. The Hall–Kier alpha value is -2.01. The minimum absolute atomic E-state index is 0.0304. The fourth-order valence-electron chi connectivity index (χ4n) is 2.62. The molecule has 1 aliphatic heterocycles. The second-order valence-corrected chi connectivity index (χ2v) is 5.90. The molecule has 108 valence electrons. The van der Waals surface area contributed by atoms with Crippen LogP contribution in [0.2, 0.25) is 0 Å². The first-order valence-electron chi connectivity index (χ1n) is 6.82. The Morgan fingerprint density at radius 3 is 2.86 bits per heavy atom. The summed E-state index contributed by atoms with van der Waals surface area (Å²) in [6.07, 6.45) is 0.893. The van der Waals surface area contributed by atoms with Crippen LogP contribution in [0.15, 0.2) is 46.9 Å². The lowest BCUT2D eigenvalue weighted by molar-refractivity contribution is -0.115. The lowest BCUT2D eigenvalue weighted by atomic mass is 10.1. The van der Waals surface area contributed by atoms with E-state index in [0.29, 0.717) is 6.54 Å². The number of benzene rings is 2. The number of para-hydroxylation sites is 1. The van der Waals surface area contributed by atoms with Gasteiger partial charge in [0.25, 0.3) is 0 Å². The standard InChI is InChI=1S/C16H16BrN3O/c17-12-4-1-2-6-14(12)19-16(21)10-20-9-8-11-13(18)5-3-7-15(11)20/h1-7H,8-10,18H2,(H,19,21). The molecule has 1 amide bonds. The highest BCUT2D eigenvalue weighted by Gasteiger charge is 2.22. The van der Waals surface area contributed by atoms with Gasteiger partial charge in [-0.1, -0.05) is 18.2 Å². The molecule has 0 aliphatic carbocycles. The fourth-order valence-corrected chi connectivity index (χ4v) is 3.00. The average molecular weight is 346 g/mol. The third-order valence-corrected chi connectivity index (χ3v) is 4.33. The summed E-state index contributed by atoms with van der Waals surface area (Å²) >= 11 is 3.43. The Bertz CT molecular complexity index is 687. The smallest absolute Gasteiger partial charge is 0.243 e. The van der Waals surface area contributed by atoms with Crippen molar-refractivity contribution in [2.75, 3.05) is 29.0 Å². The van der Waals surface area contributed by atoms with E-state index < -0.39 is 0 Å². The summed E-state index contributed by atoms with van der Waals surface area (Å²) < 4.78 is 0.879. The molecular weight excluding hydrogens is 330 g/mol. The summed E-state index contributed by atoms with van der Waals surface area (Å²) in [5, 5.41) is 2.92. The third kappa shape index (κ3) is 2.88. The zero-order valence-electron chi connectivity index (χ0n) is 11.5. The Morgan fingerprint density at radius 1 is 1.24 bits per heavy atom. The maximum atomic E-state index is 12.2. The van der Waals surface area contributed by atoms with Gasteiger partial charge in [0, 0.05) is 28.0 Å². The Labute approximate surface area is 132 Å². The van der Waals surface area contributed by atoms with Gasteiger partial charge in [0.2, 0.25) is 5.91 Å². The topological polar surface area (TPSA) is 58.4 Å². The van der Waals surface area contributed by atoms with E-state index in [-0.39, 0.29) is 5.91 Å². The highest BCUT2D eigenvalue weighted by atomic mass is 79.9. The fraction of sp³-hybridized carbons (Fsp3) is 0.188. The van der Waals surface area contributed by atoms with E-state index in [0.717, 1.165) is 40.1 Å². The third-order valence-electron chi connectivity index (χ3n) is 3.64. The highest BCUT2D eigenvalue weighted by molar-refractivity contribution is 9.10. The van der Waals surface area contributed by atoms with Gasteiger partial charge >= 0.3 is 0 Å². The Morgan fingerprint density at radius 2 is 2.05 bits per heavy atom. The van der Waals surface area contributed by atoms with Crippen LogP contribution in [0.25, 0.3) is 0 Å². The van der Waals surface area contributed by atoms with Crippen LogP contribution in [0.1, 0.15) is 5.56 Å². The molecule has 0 radical (unpaired) electrons. The van der Waals surface area contributed by atoms with Crippen LogP contribution in [-0.2, 0) is 11.2 Å². The molecule has 1 heterocycles. The first-order valence-corrected chi connectivity index (χ1v) is 7.61. The van der Waals surface area contributed by atoms with Gasteiger partial charge in [0.05, 0.1) is 12.2 Å². The number of fused-ring (bicyclic) bond motifs is 1. The van der Waals surface area contributed by atoms with Crippen molar-refractivity contribution in [3.05, 3.63) is 52.5 Å². The molecule has 5 heteroatoms. The summed E-state index contributed by atoms with van der Waals surface area (Å²) in [7, 11) is 0. The molecule has 0 saturated heterocycles. The predicted molar refractivity (Wildman–Crippen MR) is 89.5 cm³/mol. The lowest BCUT2D eigenvalue weighted by Gasteiger charge is -2.19. The van der Waals surface area contributed by atoms with Crippen LogP contribution in [0, 0.1) is 0 Å². The van der Waals surface area contributed by atoms with Crippen molar-refractivity contribution in [2.45, 2.75) is 6.42 Å². The molecular formula is C16H16BrN3O. The zero-order chi connectivity index (χ0) is 14.8. The van der Waals surface area contributed by atoms with Crippen molar-refractivity contribution in [1.29, 1.82) is 0 Å². The van der Waals surface area contributed by atoms with E-state index in [4.69, 9.17) is 5.73 Å². The molecule has 3 rings (SSSR count). The number of nitrogens with zero attached hydrogens (tertiary/aromatic N) is 1. The molecule has 2 aromatic rings. The minimum Gasteiger partial charge on any atom is -0.398 e. The van der Waals surface area contributed by atoms with Gasteiger partial charge in [0.15, 0.2) is 0 Å². The van der Waals surface area contributed by atoms with E-state index in [1.807, 2.05) is 42.5 Å². The second kappa shape index (κ2) is 5.77. The van der Waals surface area contributed by atoms with Gasteiger partial charge in [-0.05, 0) is 46.6 Å². The number of carbonyl (C=O) groups is 1. The summed E-state index contributed by atoms with van der Waals surface area (Å²) in [6, 6.07) is 13.4. The van der Waals surface area contributed by atoms with Gasteiger partial charge in [-0.2, -0.15) is 0 Å². The van der Waals surface area contributed by atoms with Crippen LogP contribution in [0.5, 0.6) is 0 Å². The molecule has 0 atom stereocenters. The normalized spacial score (nSPS) is 13.1. The van der Waals surface area contributed by atoms with Crippen molar-refractivity contribution in [3.63, 3.8) is 0 Å². The number of halogens is 1. The number of anilines is 3. The van der Waals surface area contributed by atoms with Crippen LogP contribution >= 0.6 is 15.9 Å². The molecule has 0 unspecified atom stereocenters. The molecule has 4 nitrogen and oxygen atoms in total. The van der Waals surface area contributed by atoms with Gasteiger partial charge in [0.1, 0.15) is 0 Å². The van der Waals surface area contributed by atoms with Gasteiger partial charge in [-0.25, -0.2) is 0 Å². The SMILES string of the molecule is Nc1cccc2c1CCN2CC(=O)Nc1ccccc1Br. The van der Waals surface area contributed by atoms with Crippen molar-refractivity contribution in [2.24, 2.45) is 0 Å². The van der Waals surface area contributed by atoms with Crippen LogP contribution in [-0.4, -0.2) is 19.0 Å². The van der Waals surface area contributed by atoms with Crippen LogP contribution in [0.4, 0.5) is 17.1 Å². The van der Waals surface area contributed by atoms with Crippen LogP contribution in [0.3, 0.4) is 0 Å². The van der Waals surface area contributed by atoms with Gasteiger partial charge < -0.3 is 16.0 Å². The van der Waals surface area contributed by atoms with Gasteiger partial charge in [-0.3, -0.25) is 4.79 Å². The predicted octanol–water partition coefficient (Wildman–Crippen LogP) is 3.03. The maximum Gasteiger partial charge on any atom is 0.243 e. The quantitative estimate of drug-likeness (QED) is 0.840. The molecule has 0 fully saturated rings. The first-order chi connectivity index (χ1) is 10.1. The summed E-state index contributed by atoms with van der Waals surface area (Å²) in [5.41, 5.74) is 9.78. The minimum atomic E-state index is -0.0304. The number of rotatable bonds is 3. The molecule has 0 spiro atoms. The maximum absolute atomic E-state index is 12.2. The number of nitrogen functional groups attached to an aromatic ring is 1. The van der Waals surface area contributed by atoms with Crippen molar-refractivity contribution in [1.82, 2.24) is 0 Å². The van der Waals surface area contributed by atoms with E-state index >= 15 is 0 Å². The second-order valence-electron chi connectivity index (χ2n) is 5.04. The highest BCUT2D eigenvalue weighted by Crippen LogP contribution is 2.31. The van der Waals surface area contributed by atoms with Crippen molar-refractivity contribution in [3.8, 4) is 0 Å². The Kier molecular flexibility index (Phi) is 3.84. The van der Waals surface area contributed by atoms with Gasteiger partial charge in [-0.15, -0.1) is 0 Å². The summed E-state index contributed by atoms with van der Waals surface area (Å²) in [4.78, 5) is 14.3. The summed E-state index contributed by atoms with van der Waals surface area (Å²) in [5.74, 6) is -0.0304. The average Bonchev–Trinajstić information content (AvgIpc) is 2.86. The molecule has 0 saturated carbocycles. The Balaban J connectivity index is 1.70. The molecule has 1 aliphatic rings. The molecule has 21 heavy (non-hydrogen) atoms.